The molecule has 0 saturated heterocycles. The zero-order valence-corrected chi connectivity index (χ0v) is 8.00. The second-order valence-corrected chi connectivity index (χ2v) is 3.35. The summed E-state index contributed by atoms with van der Waals surface area (Å²) in [5, 5.41) is 5.01. The Morgan fingerprint density at radius 3 is 3.00 bits per heavy atom. The van der Waals surface area contributed by atoms with Crippen molar-refractivity contribution in [2.24, 2.45) is 0 Å². The minimum absolute atomic E-state index is 0.643. The van der Waals surface area contributed by atoms with Crippen molar-refractivity contribution in [1.82, 2.24) is 14.7 Å². The topological polar surface area (TPSA) is 43.9 Å². The minimum Gasteiger partial charge on any atom is -0.343 e. The van der Waals surface area contributed by atoms with Gasteiger partial charge < -0.3 is 9.09 Å². The fourth-order valence-corrected chi connectivity index (χ4v) is 1.69. The van der Waals surface area contributed by atoms with Gasteiger partial charge in [0.1, 0.15) is 0 Å². The van der Waals surface area contributed by atoms with Gasteiger partial charge in [0.05, 0.1) is 6.54 Å². The summed E-state index contributed by atoms with van der Waals surface area (Å²) in [6.07, 6.45) is 3.38. The molecule has 0 N–H and O–H groups in total. The van der Waals surface area contributed by atoms with Gasteiger partial charge in [-0.15, -0.1) is 0 Å². The van der Waals surface area contributed by atoms with Crippen LogP contribution in [0, 0.1) is 0 Å². The molecule has 0 aliphatic carbocycles. The Morgan fingerprint density at radius 1 is 1.20 bits per heavy atom. The van der Waals surface area contributed by atoms with Crippen LogP contribution >= 0.6 is 0 Å². The summed E-state index contributed by atoms with van der Waals surface area (Å²) in [5.41, 5.74) is 1.18. The van der Waals surface area contributed by atoms with E-state index in [1.165, 1.54) is 17.3 Å². The smallest absolute Gasteiger partial charge is 0.213 e. The van der Waals surface area contributed by atoms with Crippen molar-refractivity contribution in [1.29, 1.82) is 0 Å². The molecule has 15 heavy (non-hydrogen) atoms. The summed E-state index contributed by atoms with van der Waals surface area (Å²) in [6, 6.07) is 10.3. The average molecular weight is 199 g/mol. The van der Waals surface area contributed by atoms with Crippen molar-refractivity contribution >= 4 is 10.9 Å². The van der Waals surface area contributed by atoms with Crippen LogP contribution in [0.4, 0.5) is 0 Å². The van der Waals surface area contributed by atoms with Crippen LogP contribution < -0.4 is 0 Å². The van der Waals surface area contributed by atoms with Crippen LogP contribution in [0.25, 0.3) is 10.9 Å². The Kier molecular flexibility index (Phi) is 1.78. The van der Waals surface area contributed by atoms with E-state index in [0.29, 0.717) is 12.4 Å². The molecule has 0 aliphatic rings. The SMILES string of the molecule is c1ccc2c(c1)ccn2Cc1ncon1. The highest BCUT2D eigenvalue weighted by Gasteiger charge is 2.03. The Morgan fingerprint density at radius 2 is 2.13 bits per heavy atom. The number of rotatable bonds is 2. The predicted octanol–water partition coefficient (Wildman–Crippen LogP) is 2.07. The quantitative estimate of drug-likeness (QED) is 0.634. The molecule has 3 aromatic rings. The molecule has 2 heterocycles. The average Bonchev–Trinajstić information content (AvgIpc) is 2.89. The van der Waals surface area contributed by atoms with E-state index < -0.39 is 0 Å². The lowest BCUT2D eigenvalue weighted by Crippen LogP contribution is -1.99. The van der Waals surface area contributed by atoms with E-state index in [-0.39, 0.29) is 0 Å². The van der Waals surface area contributed by atoms with Crippen LogP contribution in [0.2, 0.25) is 0 Å². The molecule has 0 atom stereocenters. The summed E-state index contributed by atoms with van der Waals surface area (Å²) in [5.74, 6) is 0.691. The first-order chi connectivity index (χ1) is 7.43. The van der Waals surface area contributed by atoms with E-state index in [1.54, 1.807) is 0 Å². The summed E-state index contributed by atoms with van der Waals surface area (Å²) >= 11 is 0. The maximum atomic E-state index is 4.70. The molecular weight excluding hydrogens is 190 g/mol. The number of hydrogen-bond acceptors (Lipinski definition) is 3. The minimum atomic E-state index is 0.643. The molecule has 4 heteroatoms. The Balaban J connectivity index is 2.05. The molecule has 0 aliphatic heterocycles. The normalized spacial score (nSPS) is 10.9. The monoisotopic (exact) mass is 199 g/mol. The van der Waals surface area contributed by atoms with E-state index in [1.807, 2.05) is 18.3 Å². The molecule has 3 rings (SSSR count). The van der Waals surface area contributed by atoms with Crippen LogP contribution in [0.15, 0.2) is 47.4 Å². The fraction of sp³-hybridized carbons (Fsp3) is 0.0909. The van der Waals surface area contributed by atoms with Gasteiger partial charge in [-0.3, -0.25) is 0 Å². The number of benzene rings is 1. The van der Waals surface area contributed by atoms with Gasteiger partial charge in [0.15, 0.2) is 5.82 Å². The van der Waals surface area contributed by atoms with Gasteiger partial charge in [0.25, 0.3) is 0 Å². The van der Waals surface area contributed by atoms with Gasteiger partial charge >= 0.3 is 0 Å². The molecule has 0 bridgehead atoms. The van der Waals surface area contributed by atoms with Gasteiger partial charge in [-0.05, 0) is 17.5 Å². The molecular formula is C11H9N3O. The van der Waals surface area contributed by atoms with Crippen molar-refractivity contribution in [2.75, 3.05) is 0 Å². The zero-order chi connectivity index (χ0) is 10.1. The zero-order valence-electron chi connectivity index (χ0n) is 8.00. The predicted molar refractivity (Wildman–Crippen MR) is 55.3 cm³/mol. The first-order valence-electron chi connectivity index (χ1n) is 4.72. The third-order valence-electron chi connectivity index (χ3n) is 2.40. The van der Waals surface area contributed by atoms with Crippen LogP contribution in [0.1, 0.15) is 5.82 Å². The van der Waals surface area contributed by atoms with E-state index in [9.17, 15) is 0 Å². The number of para-hydroxylation sites is 1. The Hall–Kier alpha value is -2.10. The van der Waals surface area contributed by atoms with Crippen molar-refractivity contribution in [3.05, 3.63) is 48.7 Å². The van der Waals surface area contributed by atoms with Crippen molar-refractivity contribution in [3.8, 4) is 0 Å². The standard InChI is InChI=1S/C11H9N3O/c1-2-4-10-9(3-1)5-6-14(10)7-11-12-8-15-13-11/h1-6,8H,7H2. The molecule has 0 spiro atoms. The summed E-state index contributed by atoms with van der Waals surface area (Å²) in [4.78, 5) is 4.00. The van der Waals surface area contributed by atoms with Crippen molar-refractivity contribution in [3.63, 3.8) is 0 Å². The number of aromatic nitrogens is 3. The maximum absolute atomic E-state index is 4.70. The second kappa shape index (κ2) is 3.24. The first kappa shape index (κ1) is 8.23. The lowest BCUT2D eigenvalue weighted by molar-refractivity contribution is 0.408. The lowest BCUT2D eigenvalue weighted by Gasteiger charge is -2.00. The molecule has 0 unspecified atom stereocenters. The second-order valence-electron chi connectivity index (χ2n) is 3.35. The van der Waals surface area contributed by atoms with Crippen LogP contribution in [-0.2, 0) is 6.54 Å². The van der Waals surface area contributed by atoms with Crippen LogP contribution in [0.3, 0.4) is 0 Å². The molecule has 0 amide bonds. The molecule has 1 aromatic carbocycles. The highest BCUT2D eigenvalue weighted by Crippen LogP contribution is 2.15. The fourth-order valence-electron chi connectivity index (χ4n) is 1.69. The first-order valence-corrected chi connectivity index (χ1v) is 4.72. The largest absolute Gasteiger partial charge is 0.343 e. The van der Waals surface area contributed by atoms with Gasteiger partial charge in [0, 0.05) is 11.7 Å². The number of hydrogen-bond donors (Lipinski definition) is 0. The highest BCUT2D eigenvalue weighted by molar-refractivity contribution is 5.79. The highest BCUT2D eigenvalue weighted by atomic mass is 16.5. The molecule has 0 saturated carbocycles. The van der Waals surface area contributed by atoms with E-state index in [4.69, 9.17) is 4.52 Å². The third-order valence-corrected chi connectivity index (χ3v) is 2.40. The van der Waals surface area contributed by atoms with Gasteiger partial charge in [0.2, 0.25) is 6.39 Å². The van der Waals surface area contributed by atoms with Gasteiger partial charge in [-0.2, -0.15) is 4.98 Å². The third kappa shape index (κ3) is 1.40. The lowest BCUT2D eigenvalue weighted by atomic mass is 10.2. The van der Waals surface area contributed by atoms with E-state index in [0.717, 1.165) is 0 Å². The molecule has 2 aromatic heterocycles. The van der Waals surface area contributed by atoms with Gasteiger partial charge in [-0.25, -0.2) is 0 Å². The van der Waals surface area contributed by atoms with Crippen LogP contribution in [-0.4, -0.2) is 14.7 Å². The summed E-state index contributed by atoms with van der Waals surface area (Å²) in [6.45, 7) is 0.643. The molecule has 0 radical (unpaired) electrons. The molecule has 0 fully saturated rings. The maximum Gasteiger partial charge on any atom is 0.213 e. The molecule has 4 nitrogen and oxygen atoms in total. The van der Waals surface area contributed by atoms with E-state index >= 15 is 0 Å². The molecule has 74 valence electrons. The van der Waals surface area contributed by atoms with E-state index in [2.05, 4.69) is 32.9 Å². The summed E-state index contributed by atoms with van der Waals surface area (Å²) < 4.78 is 6.80. The number of nitrogens with zero attached hydrogens (tertiary/aromatic N) is 3. The van der Waals surface area contributed by atoms with Crippen LogP contribution in [0.5, 0.6) is 0 Å². The van der Waals surface area contributed by atoms with Crippen molar-refractivity contribution < 1.29 is 4.52 Å². The Bertz CT molecular complexity index is 568. The van der Waals surface area contributed by atoms with Gasteiger partial charge in [-0.1, -0.05) is 23.4 Å². The number of fused-ring (bicyclic) bond motifs is 1. The summed E-state index contributed by atoms with van der Waals surface area (Å²) in [7, 11) is 0. The Labute approximate surface area is 86.1 Å². The van der Waals surface area contributed by atoms with Crippen molar-refractivity contribution in [2.45, 2.75) is 6.54 Å².